The van der Waals surface area contributed by atoms with E-state index in [2.05, 4.69) is 146 Å². The van der Waals surface area contributed by atoms with Crippen LogP contribution in [0.1, 0.15) is 78.0 Å². The molecule has 1 heteroatoms. The van der Waals surface area contributed by atoms with E-state index in [1.165, 1.54) is 66.8 Å². The smallest absolute Gasteiger partial charge is 0.0713 e. The van der Waals surface area contributed by atoms with E-state index < -0.39 is 5.41 Å². The number of allylic oxidation sites excluding steroid dienone is 4. The van der Waals surface area contributed by atoms with Crippen LogP contribution in [0.5, 0.6) is 0 Å². The molecule has 1 atom stereocenters. The minimum atomic E-state index is -0.435. The Morgan fingerprint density at radius 3 is 1.89 bits per heavy atom. The van der Waals surface area contributed by atoms with Gasteiger partial charge in [-0.3, -0.25) is 0 Å². The minimum absolute atomic E-state index is 0.435. The van der Waals surface area contributed by atoms with Gasteiger partial charge in [-0.05, 0) is 111 Å². The molecule has 0 heterocycles. The van der Waals surface area contributed by atoms with Crippen molar-refractivity contribution >= 4 is 5.57 Å². The molecule has 5 aromatic rings. The fourth-order valence-electron chi connectivity index (χ4n) is 7.48. The lowest BCUT2D eigenvalue weighted by Gasteiger charge is -2.34. The maximum Gasteiger partial charge on any atom is 0.0713 e. The lowest BCUT2D eigenvalue weighted by atomic mass is 9.67. The summed E-state index contributed by atoms with van der Waals surface area (Å²) >= 11 is 0. The largest absolute Gasteiger partial charge is 0.198 e. The Morgan fingerprint density at radius 2 is 1.29 bits per heavy atom. The van der Waals surface area contributed by atoms with Crippen molar-refractivity contribution in [2.45, 2.75) is 57.3 Å². The highest BCUT2D eigenvalue weighted by atomic mass is 14.5. The molecule has 0 fully saturated rings. The number of rotatable bonds is 9. The molecule has 0 aromatic heterocycles. The number of hydrogen-bond acceptors (Lipinski definition) is 1. The number of hydrogen-bond donors (Lipinski definition) is 0. The summed E-state index contributed by atoms with van der Waals surface area (Å²) in [5.74, 6) is 0. The molecule has 0 bridgehead atoms. The number of nitrogens with zero attached hydrogens (tertiary/aromatic N) is 1. The van der Waals surface area contributed by atoms with E-state index in [1.54, 1.807) is 0 Å². The SMILES string of the molecule is CCCc1ccc(C2(c3ccc(CCCC#N)cc3)c3ccc(C4=CC=CCC4)cc3-c3cc(-c4ccccc4)ccc32)cc1. The molecule has 220 valence electrons. The molecule has 0 saturated heterocycles. The Kier molecular flexibility index (Phi) is 8.06. The molecule has 0 N–H and O–H groups in total. The molecule has 7 rings (SSSR count). The average molecular weight is 582 g/mol. The fraction of sp³-hybridized carbons (Fsp3) is 0.205. The van der Waals surface area contributed by atoms with Crippen LogP contribution >= 0.6 is 0 Å². The summed E-state index contributed by atoms with van der Waals surface area (Å²) in [6, 6.07) is 46.0. The van der Waals surface area contributed by atoms with Crippen LogP contribution in [-0.4, -0.2) is 0 Å². The zero-order chi connectivity index (χ0) is 30.6. The van der Waals surface area contributed by atoms with E-state index in [9.17, 15) is 0 Å². The molecule has 2 aliphatic rings. The second-order valence-corrected chi connectivity index (χ2v) is 12.5. The van der Waals surface area contributed by atoms with Gasteiger partial charge in [-0.25, -0.2) is 0 Å². The van der Waals surface area contributed by atoms with Crippen LogP contribution in [0.4, 0.5) is 0 Å². The summed E-state index contributed by atoms with van der Waals surface area (Å²) in [6.45, 7) is 2.25. The van der Waals surface area contributed by atoms with Crippen molar-refractivity contribution in [2.75, 3.05) is 0 Å². The zero-order valence-corrected chi connectivity index (χ0v) is 26.1. The summed E-state index contributed by atoms with van der Waals surface area (Å²) in [4.78, 5) is 0. The van der Waals surface area contributed by atoms with Crippen molar-refractivity contribution in [3.8, 4) is 28.3 Å². The highest BCUT2D eigenvalue weighted by Crippen LogP contribution is 2.57. The molecule has 45 heavy (non-hydrogen) atoms. The van der Waals surface area contributed by atoms with E-state index in [0.717, 1.165) is 38.5 Å². The highest BCUT2D eigenvalue weighted by molar-refractivity contribution is 5.90. The molecule has 0 saturated carbocycles. The Labute approximate surface area is 268 Å². The van der Waals surface area contributed by atoms with Gasteiger partial charge in [-0.1, -0.05) is 135 Å². The van der Waals surface area contributed by atoms with Crippen molar-refractivity contribution in [2.24, 2.45) is 0 Å². The quantitative estimate of drug-likeness (QED) is 0.156. The van der Waals surface area contributed by atoms with Gasteiger partial charge in [-0.15, -0.1) is 0 Å². The van der Waals surface area contributed by atoms with Gasteiger partial charge < -0.3 is 0 Å². The second kappa shape index (κ2) is 12.6. The van der Waals surface area contributed by atoms with Gasteiger partial charge in [-0.2, -0.15) is 5.26 Å². The highest BCUT2D eigenvalue weighted by Gasteiger charge is 2.46. The van der Waals surface area contributed by atoms with E-state index >= 15 is 0 Å². The van der Waals surface area contributed by atoms with Gasteiger partial charge in [0, 0.05) is 6.42 Å². The van der Waals surface area contributed by atoms with Gasteiger partial charge in [0.15, 0.2) is 0 Å². The predicted molar refractivity (Wildman–Crippen MR) is 188 cm³/mol. The molecule has 0 spiro atoms. The summed E-state index contributed by atoms with van der Waals surface area (Å²) in [7, 11) is 0. The van der Waals surface area contributed by atoms with Gasteiger partial charge in [0.2, 0.25) is 0 Å². The molecular weight excluding hydrogens is 542 g/mol. The van der Waals surface area contributed by atoms with Crippen molar-refractivity contribution in [3.63, 3.8) is 0 Å². The zero-order valence-electron chi connectivity index (χ0n) is 26.1. The van der Waals surface area contributed by atoms with Crippen molar-refractivity contribution in [3.05, 3.63) is 172 Å². The van der Waals surface area contributed by atoms with Crippen LogP contribution in [0.3, 0.4) is 0 Å². The lowest BCUT2D eigenvalue weighted by molar-refractivity contribution is 0.764. The first-order chi connectivity index (χ1) is 22.2. The van der Waals surface area contributed by atoms with Crippen LogP contribution in [0, 0.1) is 11.3 Å². The maximum absolute atomic E-state index is 9.07. The first-order valence-electron chi connectivity index (χ1n) is 16.5. The van der Waals surface area contributed by atoms with Crippen LogP contribution in [0.25, 0.3) is 27.8 Å². The van der Waals surface area contributed by atoms with Crippen LogP contribution in [0.15, 0.2) is 133 Å². The number of nitriles is 1. The first kappa shape index (κ1) is 28.8. The van der Waals surface area contributed by atoms with E-state index in [-0.39, 0.29) is 0 Å². The summed E-state index contributed by atoms with van der Waals surface area (Å²) < 4.78 is 0. The van der Waals surface area contributed by atoms with E-state index in [0.29, 0.717) is 6.42 Å². The monoisotopic (exact) mass is 581 g/mol. The molecule has 0 radical (unpaired) electrons. The summed E-state index contributed by atoms with van der Waals surface area (Å²) in [5.41, 5.74) is 15.4. The number of aryl methyl sites for hydroxylation is 2. The standard InChI is InChI=1S/C44H39N/c1-2-11-32-17-23-38(24-18-32)44(39-25-19-33(20-26-39)12-9-10-29-45)42-27-21-36(34-13-5-3-6-14-34)30-40(42)41-31-37(22-28-43(41)44)35-15-7-4-8-16-35/h3-7,13-15,17-28,30-31H,2,8-12,16H2,1H3. The first-order valence-corrected chi connectivity index (χ1v) is 16.5. The third-order valence-corrected chi connectivity index (χ3v) is 9.70. The molecule has 2 aliphatic carbocycles. The predicted octanol–water partition coefficient (Wildman–Crippen LogP) is 11.2. The molecule has 5 aromatic carbocycles. The normalized spacial score (nSPS) is 16.5. The lowest BCUT2D eigenvalue weighted by Crippen LogP contribution is -2.28. The number of unbranched alkanes of at least 4 members (excludes halogenated alkanes) is 1. The van der Waals surface area contributed by atoms with Crippen LogP contribution < -0.4 is 0 Å². The number of fused-ring (bicyclic) bond motifs is 3. The van der Waals surface area contributed by atoms with Gasteiger partial charge in [0.25, 0.3) is 0 Å². The Hall–Kier alpha value is -4.93. The molecular formula is C44H39N. The van der Waals surface area contributed by atoms with Gasteiger partial charge in [0.1, 0.15) is 0 Å². The van der Waals surface area contributed by atoms with Gasteiger partial charge >= 0.3 is 0 Å². The van der Waals surface area contributed by atoms with Crippen LogP contribution in [-0.2, 0) is 18.3 Å². The Balaban J connectivity index is 1.48. The third kappa shape index (κ3) is 5.26. The third-order valence-electron chi connectivity index (χ3n) is 9.70. The maximum atomic E-state index is 9.07. The van der Waals surface area contributed by atoms with Gasteiger partial charge in [0.05, 0.1) is 11.5 Å². The second-order valence-electron chi connectivity index (χ2n) is 12.5. The minimum Gasteiger partial charge on any atom is -0.198 e. The van der Waals surface area contributed by atoms with Crippen molar-refractivity contribution < 1.29 is 0 Å². The van der Waals surface area contributed by atoms with Crippen molar-refractivity contribution in [1.82, 2.24) is 0 Å². The Morgan fingerprint density at radius 1 is 0.667 bits per heavy atom. The molecule has 1 unspecified atom stereocenters. The molecule has 0 amide bonds. The average Bonchev–Trinajstić information content (AvgIpc) is 3.40. The van der Waals surface area contributed by atoms with Crippen molar-refractivity contribution in [1.29, 1.82) is 5.26 Å². The summed E-state index contributed by atoms with van der Waals surface area (Å²) in [5, 5.41) is 9.07. The van der Waals surface area contributed by atoms with E-state index in [1.807, 2.05) is 0 Å². The summed E-state index contributed by atoms with van der Waals surface area (Å²) in [6.07, 6.45) is 13.5. The van der Waals surface area contributed by atoms with Crippen LogP contribution in [0.2, 0.25) is 0 Å². The topological polar surface area (TPSA) is 23.8 Å². The fourth-order valence-corrected chi connectivity index (χ4v) is 7.48. The molecule has 1 nitrogen and oxygen atoms in total. The number of benzene rings is 5. The Bertz CT molecular complexity index is 1920. The molecule has 0 aliphatic heterocycles. The van der Waals surface area contributed by atoms with E-state index in [4.69, 9.17) is 5.26 Å².